The second kappa shape index (κ2) is 6.41. The molecule has 2 nitrogen and oxygen atoms in total. The zero-order chi connectivity index (χ0) is 13.0. The fourth-order valence-corrected chi connectivity index (χ4v) is 2.56. The van der Waals surface area contributed by atoms with Gasteiger partial charge in [-0.2, -0.15) is 0 Å². The molecule has 0 aliphatic heterocycles. The zero-order valence-electron chi connectivity index (χ0n) is 10.1. The fourth-order valence-electron chi connectivity index (χ4n) is 1.89. The molecule has 18 heavy (non-hydrogen) atoms. The van der Waals surface area contributed by atoms with Gasteiger partial charge >= 0.3 is 0 Å². The van der Waals surface area contributed by atoms with Crippen LogP contribution in [0.25, 0.3) is 0 Å². The number of halogens is 2. The van der Waals surface area contributed by atoms with E-state index < -0.39 is 0 Å². The summed E-state index contributed by atoms with van der Waals surface area (Å²) in [7, 11) is 0. The van der Waals surface area contributed by atoms with Crippen molar-refractivity contribution in [3.05, 3.63) is 57.4 Å². The van der Waals surface area contributed by atoms with Crippen LogP contribution in [0.3, 0.4) is 0 Å². The first-order valence-corrected chi connectivity index (χ1v) is 7.11. The van der Waals surface area contributed by atoms with Crippen LogP contribution in [0.4, 0.5) is 0 Å². The largest absolute Gasteiger partial charge is 0.457 e. The van der Waals surface area contributed by atoms with Crippen molar-refractivity contribution in [2.75, 3.05) is 6.54 Å². The van der Waals surface area contributed by atoms with Crippen LogP contribution in [0.5, 0.6) is 0 Å². The minimum absolute atomic E-state index is 0.0942. The number of hydrogen-bond donors (Lipinski definition) is 1. The molecule has 1 atom stereocenters. The van der Waals surface area contributed by atoms with Crippen molar-refractivity contribution in [2.24, 2.45) is 0 Å². The van der Waals surface area contributed by atoms with E-state index in [2.05, 4.69) is 34.2 Å². The molecule has 4 heteroatoms. The Bertz CT molecular complexity index is 512. The monoisotopic (exact) mass is 327 g/mol. The van der Waals surface area contributed by atoms with E-state index in [1.54, 1.807) is 6.26 Å². The quantitative estimate of drug-likeness (QED) is 0.854. The molecule has 0 saturated heterocycles. The molecule has 0 radical (unpaired) electrons. The van der Waals surface area contributed by atoms with E-state index >= 15 is 0 Å². The van der Waals surface area contributed by atoms with E-state index in [1.165, 1.54) is 0 Å². The standard InChI is InChI=1S/C14H15BrClNO/c1-2-7-17-13(12-6-8-18-14(12)15)10-4-3-5-11(16)9-10/h3-6,8-9,13,17H,2,7H2,1H3. The van der Waals surface area contributed by atoms with Crippen LogP contribution in [0, 0.1) is 0 Å². The van der Waals surface area contributed by atoms with Crippen molar-refractivity contribution < 1.29 is 4.42 Å². The Hall–Kier alpha value is -0.770. The smallest absolute Gasteiger partial charge is 0.174 e. The Kier molecular flexibility index (Phi) is 4.87. The van der Waals surface area contributed by atoms with E-state index in [4.69, 9.17) is 16.0 Å². The average molecular weight is 329 g/mol. The maximum Gasteiger partial charge on any atom is 0.174 e. The first kappa shape index (κ1) is 13.7. The highest BCUT2D eigenvalue weighted by molar-refractivity contribution is 9.10. The molecule has 1 heterocycles. The third-order valence-corrected chi connectivity index (χ3v) is 3.62. The molecular formula is C14H15BrClNO. The molecule has 0 fully saturated rings. The number of nitrogens with one attached hydrogen (secondary N) is 1. The fraction of sp³-hybridized carbons (Fsp3) is 0.286. The van der Waals surface area contributed by atoms with E-state index in [-0.39, 0.29) is 6.04 Å². The topological polar surface area (TPSA) is 25.2 Å². The summed E-state index contributed by atoms with van der Waals surface area (Å²) in [6, 6.07) is 9.96. The summed E-state index contributed by atoms with van der Waals surface area (Å²) in [5.41, 5.74) is 2.23. The number of rotatable bonds is 5. The molecule has 1 unspecified atom stereocenters. The predicted molar refractivity (Wildman–Crippen MR) is 78.0 cm³/mol. The summed E-state index contributed by atoms with van der Waals surface area (Å²) in [4.78, 5) is 0. The van der Waals surface area contributed by atoms with Crippen LogP contribution in [-0.2, 0) is 0 Å². The molecule has 0 bridgehead atoms. The average Bonchev–Trinajstić information content (AvgIpc) is 2.77. The van der Waals surface area contributed by atoms with Gasteiger partial charge in [0.2, 0.25) is 0 Å². The molecule has 1 aromatic heterocycles. The molecule has 0 aliphatic rings. The predicted octanol–water partition coefficient (Wildman–Crippen LogP) is 4.78. The van der Waals surface area contributed by atoms with Gasteiger partial charge in [0.05, 0.1) is 12.3 Å². The van der Waals surface area contributed by atoms with Crippen LogP contribution in [0.1, 0.15) is 30.5 Å². The number of hydrogen-bond acceptors (Lipinski definition) is 2. The lowest BCUT2D eigenvalue weighted by atomic mass is 10.0. The number of benzene rings is 1. The van der Waals surface area contributed by atoms with Gasteiger partial charge in [-0.3, -0.25) is 0 Å². The van der Waals surface area contributed by atoms with Gasteiger partial charge in [-0.1, -0.05) is 30.7 Å². The molecule has 1 aromatic carbocycles. The van der Waals surface area contributed by atoms with Crippen molar-refractivity contribution >= 4 is 27.5 Å². The minimum atomic E-state index is 0.0942. The number of furan rings is 1. The second-order valence-corrected chi connectivity index (χ2v) is 5.25. The van der Waals surface area contributed by atoms with Gasteiger partial charge < -0.3 is 9.73 Å². The van der Waals surface area contributed by atoms with Crippen molar-refractivity contribution in [3.63, 3.8) is 0 Å². The van der Waals surface area contributed by atoms with Gasteiger partial charge in [-0.25, -0.2) is 0 Å². The lowest BCUT2D eigenvalue weighted by Crippen LogP contribution is -2.23. The lowest BCUT2D eigenvalue weighted by Gasteiger charge is -2.18. The van der Waals surface area contributed by atoms with Gasteiger partial charge in [0.15, 0.2) is 4.67 Å². The molecule has 0 amide bonds. The van der Waals surface area contributed by atoms with E-state index in [0.717, 1.165) is 33.8 Å². The summed E-state index contributed by atoms with van der Waals surface area (Å²) in [6.45, 7) is 3.08. The van der Waals surface area contributed by atoms with Crippen LogP contribution in [0.2, 0.25) is 5.02 Å². The summed E-state index contributed by atoms with van der Waals surface area (Å²) in [5.74, 6) is 0. The first-order chi connectivity index (χ1) is 8.72. The van der Waals surface area contributed by atoms with Gasteiger partial charge in [0.1, 0.15) is 0 Å². The van der Waals surface area contributed by atoms with Crippen molar-refractivity contribution in [1.82, 2.24) is 5.32 Å². The summed E-state index contributed by atoms with van der Waals surface area (Å²) >= 11 is 9.50. The van der Waals surface area contributed by atoms with E-state index in [9.17, 15) is 0 Å². The Balaban J connectivity index is 2.33. The minimum Gasteiger partial charge on any atom is -0.457 e. The van der Waals surface area contributed by atoms with Gasteiger partial charge in [-0.15, -0.1) is 0 Å². The SMILES string of the molecule is CCCNC(c1cccc(Cl)c1)c1ccoc1Br. The maximum absolute atomic E-state index is 6.06. The van der Waals surface area contributed by atoms with E-state index in [0.29, 0.717) is 0 Å². The molecule has 2 aromatic rings. The maximum atomic E-state index is 6.06. The normalized spacial score (nSPS) is 12.6. The van der Waals surface area contributed by atoms with Crippen LogP contribution in [0.15, 0.2) is 45.7 Å². The Morgan fingerprint density at radius 2 is 2.22 bits per heavy atom. The molecule has 96 valence electrons. The van der Waals surface area contributed by atoms with Crippen molar-refractivity contribution in [3.8, 4) is 0 Å². The highest BCUT2D eigenvalue weighted by Crippen LogP contribution is 2.30. The van der Waals surface area contributed by atoms with Gasteiger partial charge in [0, 0.05) is 10.6 Å². The zero-order valence-corrected chi connectivity index (χ0v) is 12.5. The summed E-state index contributed by atoms with van der Waals surface area (Å²) in [5, 5.41) is 4.25. The highest BCUT2D eigenvalue weighted by atomic mass is 79.9. The lowest BCUT2D eigenvalue weighted by molar-refractivity contribution is 0.523. The van der Waals surface area contributed by atoms with Crippen molar-refractivity contribution in [2.45, 2.75) is 19.4 Å². The molecule has 0 spiro atoms. The van der Waals surface area contributed by atoms with Crippen LogP contribution < -0.4 is 5.32 Å². The van der Waals surface area contributed by atoms with Gasteiger partial charge in [0.25, 0.3) is 0 Å². The summed E-state index contributed by atoms with van der Waals surface area (Å²) in [6.07, 6.45) is 2.76. The highest BCUT2D eigenvalue weighted by Gasteiger charge is 2.18. The van der Waals surface area contributed by atoms with E-state index in [1.807, 2.05) is 24.3 Å². The molecule has 0 aliphatic carbocycles. The molecule has 1 N–H and O–H groups in total. The van der Waals surface area contributed by atoms with Crippen LogP contribution in [-0.4, -0.2) is 6.54 Å². The third-order valence-electron chi connectivity index (χ3n) is 2.74. The van der Waals surface area contributed by atoms with Crippen LogP contribution >= 0.6 is 27.5 Å². The Morgan fingerprint density at radius 3 is 2.83 bits per heavy atom. The molecule has 0 saturated carbocycles. The van der Waals surface area contributed by atoms with Crippen molar-refractivity contribution in [1.29, 1.82) is 0 Å². The molecular weight excluding hydrogens is 314 g/mol. The Morgan fingerprint density at radius 1 is 1.39 bits per heavy atom. The third kappa shape index (κ3) is 3.16. The Labute approximate surface area is 120 Å². The first-order valence-electron chi connectivity index (χ1n) is 5.94. The molecule has 2 rings (SSSR count). The van der Waals surface area contributed by atoms with Gasteiger partial charge in [-0.05, 0) is 52.7 Å². The second-order valence-electron chi connectivity index (χ2n) is 4.09. The summed E-state index contributed by atoms with van der Waals surface area (Å²) < 4.78 is 6.08.